The molecule has 0 amide bonds. The summed E-state index contributed by atoms with van der Waals surface area (Å²) in [4.78, 5) is 10.4. The Labute approximate surface area is 127 Å². The summed E-state index contributed by atoms with van der Waals surface area (Å²) in [7, 11) is 0. The van der Waals surface area contributed by atoms with Crippen molar-refractivity contribution in [1.29, 1.82) is 0 Å². The number of hydrogen-bond donors (Lipinski definition) is 0. The lowest BCUT2D eigenvalue weighted by Crippen LogP contribution is -2.48. The molecule has 4 heteroatoms. The summed E-state index contributed by atoms with van der Waals surface area (Å²) in [6.45, 7) is 0.507. The Bertz CT molecular complexity index is 309. The minimum absolute atomic E-state index is 0.247. The molecule has 4 nitrogen and oxygen atoms in total. The van der Waals surface area contributed by atoms with Crippen molar-refractivity contribution < 1.29 is 19.9 Å². The highest BCUT2D eigenvalue weighted by molar-refractivity contribution is 4.99. The second-order valence-corrected chi connectivity index (χ2v) is 8.23. The standard InChI is InChI=1S/C17H28O4/c1-2-4-15(5-3-1)6-8-16(9-7-15)10-12-17(13-11-16)14-18-20-21-19-17/h1-14H2. The summed E-state index contributed by atoms with van der Waals surface area (Å²) in [6, 6.07) is 0. The summed E-state index contributed by atoms with van der Waals surface area (Å²) in [5, 5.41) is 8.99. The van der Waals surface area contributed by atoms with E-state index >= 15 is 0 Å². The molecule has 0 unspecified atom stereocenters. The van der Waals surface area contributed by atoms with Crippen LogP contribution in [0.4, 0.5) is 0 Å². The third-order valence-corrected chi connectivity index (χ3v) is 7.12. The Morgan fingerprint density at radius 3 is 1.67 bits per heavy atom. The van der Waals surface area contributed by atoms with Gasteiger partial charge in [0.05, 0.1) is 0 Å². The molecule has 4 rings (SSSR count). The molecule has 21 heavy (non-hydrogen) atoms. The van der Waals surface area contributed by atoms with Crippen molar-refractivity contribution in [2.75, 3.05) is 6.61 Å². The molecule has 4 fully saturated rings. The van der Waals surface area contributed by atoms with E-state index in [1.165, 1.54) is 70.6 Å². The van der Waals surface area contributed by atoms with E-state index in [4.69, 9.17) is 9.78 Å². The van der Waals surface area contributed by atoms with Gasteiger partial charge >= 0.3 is 0 Å². The van der Waals surface area contributed by atoms with E-state index in [1.54, 1.807) is 0 Å². The van der Waals surface area contributed by atoms with E-state index in [1.807, 2.05) is 0 Å². The van der Waals surface area contributed by atoms with E-state index < -0.39 is 0 Å². The van der Waals surface area contributed by atoms with Crippen LogP contribution in [0.2, 0.25) is 0 Å². The van der Waals surface area contributed by atoms with Crippen molar-refractivity contribution in [3.63, 3.8) is 0 Å². The van der Waals surface area contributed by atoms with Gasteiger partial charge in [0.2, 0.25) is 0 Å². The lowest BCUT2D eigenvalue weighted by molar-refractivity contribution is -0.692. The quantitative estimate of drug-likeness (QED) is 0.610. The highest BCUT2D eigenvalue weighted by Gasteiger charge is 2.49. The first kappa shape index (κ1) is 14.4. The largest absolute Gasteiger partial charge is 0.201 e. The molecule has 0 aromatic rings. The van der Waals surface area contributed by atoms with Gasteiger partial charge in [-0.2, -0.15) is 4.89 Å². The maximum atomic E-state index is 5.40. The first-order valence-corrected chi connectivity index (χ1v) is 8.88. The van der Waals surface area contributed by atoms with Crippen molar-refractivity contribution in [3.05, 3.63) is 0 Å². The second-order valence-electron chi connectivity index (χ2n) is 8.23. The molecule has 0 N–H and O–H groups in total. The molecule has 3 aliphatic carbocycles. The fourth-order valence-corrected chi connectivity index (χ4v) is 5.34. The molecule has 0 aromatic carbocycles. The first-order chi connectivity index (χ1) is 10.2. The zero-order chi connectivity index (χ0) is 14.2. The molecule has 1 aliphatic heterocycles. The van der Waals surface area contributed by atoms with E-state index in [-0.39, 0.29) is 5.60 Å². The van der Waals surface area contributed by atoms with Crippen LogP contribution in [0.5, 0.6) is 0 Å². The number of rotatable bonds is 0. The molecule has 3 saturated carbocycles. The molecule has 4 aliphatic rings. The highest BCUT2D eigenvalue weighted by atomic mass is 17.7. The second kappa shape index (κ2) is 5.48. The van der Waals surface area contributed by atoms with Gasteiger partial charge in [0.15, 0.2) is 0 Å². The van der Waals surface area contributed by atoms with Crippen LogP contribution < -0.4 is 0 Å². The van der Waals surface area contributed by atoms with Crippen molar-refractivity contribution in [1.82, 2.24) is 0 Å². The van der Waals surface area contributed by atoms with E-state index in [2.05, 4.69) is 10.1 Å². The Hall–Kier alpha value is -0.160. The number of hydrogen-bond acceptors (Lipinski definition) is 4. The predicted molar refractivity (Wildman–Crippen MR) is 76.8 cm³/mol. The van der Waals surface area contributed by atoms with Crippen LogP contribution in [0.1, 0.15) is 83.5 Å². The molecule has 0 bridgehead atoms. The van der Waals surface area contributed by atoms with Gasteiger partial charge in [-0.3, -0.25) is 0 Å². The van der Waals surface area contributed by atoms with Gasteiger partial charge in [0.25, 0.3) is 0 Å². The van der Waals surface area contributed by atoms with Crippen molar-refractivity contribution in [2.24, 2.45) is 10.8 Å². The lowest BCUT2D eigenvalue weighted by Gasteiger charge is -2.52. The summed E-state index contributed by atoms with van der Waals surface area (Å²) in [5.74, 6) is 0. The fourth-order valence-electron chi connectivity index (χ4n) is 5.34. The maximum Gasteiger partial charge on any atom is 0.133 e. The Balaban J connectivity index is 1.35. The predicted octanol–water partition coefficient (Wildman–Crippen LogP) is 4.64. The average molecular weight is 296 g/mol. The molecular weight excluding hydrogens is 268 g/mol. The van der Waals surface area contributed by atoms with E-state index in [9.17, 15) is 0 Å². The van der Waals surface area contributed by atoms with Crippen LogP contribution in [0, 0.1) is 10.8 Å². The van der Waals surface area contributed by atoms with Crippen LogP contribution in [-0.4, -0.2) is 12.2 Å². The van der Waals surface area contributed by atoms with Crippen LogP contribution in [-0.2, 0) is 19.9 Å². The topological polar surface area (TPSA) is 36.9 Å². The van der Waals surface area contributed by atoms with Gasteiger partial charge in [-0.1, -0.05) is 19.3 Å². The van der Waals surface area contributed by atoms with Gasteiger partial charge in [-0.25, -0.2) is 4.89 Å². The van der Waals surface area contributed by atoms with Crippen molar-refractivity contribution in [2.45, 2.75) is 89.1 Å². The van der Waals surface area contributed by atoms with Crippen LogP contribution >= 0.6 is 0 Å². The zero-order valence-electron chi connectivity index (χ0n) is 13.0. The first-order valence-electron chi connectivity index (χ1n) is 8.88. The summed E-state index contributed by atoms with van der Waals surface area (Å²) < 4.78 is 0. The normalized spacial score (nSPS) is 34.3. The molecule has 120 valence electrons. The van der Waals surface area contributed by atoms with Crippen molar-refractivity contribution >= 4 is 0 Å². The monoisotopic (exact) mass is 296 g/mol. The Morgan fingerprint density at radius 2 is 1.10 bits per heavy atom. The van der Waals surface area contributed by atoms with Crippen LogP contribution in [0.25, 0.3) is 0 Å². The molecule has 1 saturated heterocycles. The third kappa shape index (κ3) is 2.76. The Kier molecular flexibility index (Phi) is 3.77. The fraction of sp³-hybridized carbons (Fsp3) is 1.00. The van der Waals surface area contributed by atoms with Crippen molar-refractivity contribution in [3.8, 4) is 0 Å². The average Bonchev–Trinajstić information content (AvgIpc) is 2.56. The van der Waals surface area contributed by atoms with Crippen LogP contribution in [0.3, 0.4) is 0 Å². The van der Waals surface area contributed by atoms with E-state index in [0.29, 0.717) is 12.0 Å². The van der Waals surface area contributed by atoms with Gasteiger partial charge in [-0.15, -0.1) is 0 Å². The molecule has 0 atom stereocenters. The van der Waals surface area contributed by atoms with Gasteiger partial charge < -0.3 is 0 Å². The Morgan fingerprint density at radius 1 is 0.524 bits per heavy atom. The van der Waals surface area contributed by atoms with Crippen LogP contribution in [0.15, 0.2) is 0 Å². The third-order valence-electron chi connectivity index (χ3n) is 7.12. The minimum Gasteiger partial charge on any atom is -0.201 e. The molecule has 0 aromatic heterocycles. The SMILES string of the molecule is C1CCC2(CC1)CCC1(CC2)CCC2(CC1)COOOO2. The molecule has 1 heterocycles. The molecule has 0 radical (unpaired) electrons. The zero-order valence-corrected chi connectivity index (χ0v) is 13.0. The minimum atomic E-state index is -0.247. The summed E-state index contributed by atoms with van der Waals surface area (Å²) in [5.41, 5.74) is 1.05. The summed E-state index contributed by atoms with van der Waals surface area (Å²) in [6.07, 6.45) is 17.8. The summed E-state index contributed by atoms with van der Waals surface area (Å²) >= 11 is 0. The maximum absolute atomic E-state index is 5.40. The van der Waals surface area contributed by atoms with Gasteiger partial charge in [0.1, 0.15) is 12.2 Å². The van der Waals surface area contributed by atoms with Gasteiger partial charge in [0, 0.05) is 0 Å². The molecular formula is C17H28O4. The smallest absolute Gasteiger partial charge is 0.133 e. The lowest BCUT2D eigenvalue weighted by atomic mass is 9.54. The van der Waals surface area contributed by atoms with E-state index in [0.717, 1.165) is 18.3 Å². The van der Waals surface area contributed by atoms with Gasteiger partial charge in [-0.05, 0) is 85.1 Å². The highest BCUT2D eigenvalue weighted by Crippen LogP contribution is 2.58. The molecule has 3 spiro atoms.